The van der Waals surface area contributed by atoms with Crippen LogP contribution in [0.2, 0.25) is 0 Å². The summed E-state index contributed by atoms with van der Waals surface area (Å²) in [4.78, 5) is 4.63. The fourth-order valence-electron chi connectivity index (χ4n) is 6.76. The SMILES string of the molecule is C1=CC(c2ccc(N(c3ccccc3)c3cccc(-c4cccc(-c5ccc(N(c6ccccc6)c6ccccc6)cc5)c4)c3)cc2)=CCC1. The molecule has 0 heterocycles. The van der Waals surface area contributed by atoms with Gasteiger partial charge in [0, 0.05) is 34.1 Å². The first-order valence-electron chi connectivity index (χ1n) is 17.3. The van der Waals surface area contributed by atoms with E-state index in [1.165, 1.54) is 33.4 Å². The third-order valence-corrected chi connectivity index (χ3v) is 9.26. The van der Waals surface area contributed by atoms with Gasteiger partial charge in [-0.05, 0) is 125 Å². The zero-order chi connectivity index (χ0) is 33.5. The molecule has 0 aliphatic heterocycles. The lowest BCUT2D eigenvalue weighted by Crippen LogP contribution is -2.10. The van der Waals surface area contributed by atoms with Gasteiger partial charge in [-0.2, -0.15) is 0 Å². The quantitative estimate of drug-likeness (QED) is 0.155. The Labute approximate surface area is 295 Å². The van der Waals surface area contributed by atoms with E-state index in [9.17, 15) is 0 Å². The standard InChI is InChI=1S/C48H38N2/c1-5-15-37(16-6-1)38-27-31-47(32-28-38)50(45-24-11-4-12-25-45)48-26-14-19-42(36-48)41-18-13-17-40(35-41)39-29-33-46(34-30-39)49(43-20-7-2-8-21-43)44-22-9-3-10-23-44/h2-5,7-36H,1,6H2. The van der Waals surface area contributed by atoms with Crippen LogP contribution < -0.4 is 9.80 Å². The van der Waals surface area contributed by atoms with E-state index in [1.807, 2.05) is 0 Å². The third kappa shape index (κ3) is 6.65. The molecule has 50 heavy (non-hydrogen) atoms. The largest absolute Gasteiger partial charge is 0.311 e. The molecular weight excluding hydrogens is 605 g/mol. The zero-order valence-corrected chi connectivity index (χ0v) is 27.9. The van der Waals surface area contributed by atoms with Gasteiger partial charge in [0.15, 0.2) is 0 Å². The highest BCUT2D eigenvalue weighted by Crippen LogP contribution is 2.39. The highest BCUT2D eigenvalue weighted by molar-refractivity contribution is 5.83. The third-order valence-electron chi connectivity index (χ3n) is 9.26. The van der Waals surface area contributed by atoms with Gasteiger partial charge in [-0.1, -0.05) is 127 Å². The van der Waals surface area contributed by atoms with Gasteiger partial charge >= 0.3 is 0 Å². The minimum Gasteiger partial charge on any atom is -0.311 e. The number of hydrogen-bond donors (Lipinski definition) is 0. The number of nitrogens with zero attached hydrogens (tertiary/aromatic N) is 2. The summed E-state index contributed by atoms with van der Waals surface area (Å²) in [6, 6.07) is 67.3. The van der Waals surface area contributed by atoms with Gasteiger partial charge in [-0.15, -0.1) is 0 Å². The van der Waals surface area contributed by atoms with Crippen molar-refractivity contribution >= 4 is 39.7 Å². The maximum Gasteiger partial charge on any atom is 0.0467 e. The maximum atomic E-state index is 2.34. The van der Waals surface area contributed by atoms with Crippen LogP contribution in [-0.4, -0.2) is 0 Å². The van der Waals surface area contributed by atoms with Crippen molar-refractivity contribution in [3.05, 3.63) is 212 Å². The molecule has 7 aromatic rings. The van der Waals surface area contributed by atoms with Crippen molar-refractivity contribution in [2.45, 2.75) is 12.8 Å². The Morgan fingerprint density at radius 3 is 1.24 bits per heavy atom. The number of anilines is 6. The summed E-state index contributed by atoms with van der Waals surface area (Å²) >= 11 is 0. The van der Waals surface area contributed by atoms with Gasteiger partial charge in [0.05, 0.1) is 0 Å². The van der Waals surface area contributed by atoms with Gasteiger partial charge in [-0.3, -0.25) is 0 Å². The second kappa shape index (κ2) is 14.4. The molecule has 0 amide bonds. The molecule has 0 N–H and O–H groups in total. The molecule has 0 unspecified atom stereocenters. The van der Waals surface area contributed by atoms with Crippen LogP contribution in [0.3, 0.4) is 0 Å². The van der Waals surface area contributed by atoms with Gasteiger partial charge < -0.3 is 9.80 Å². The predicted molar refractivity (Wildman–Crippen MR) is 213 cm³/mol. The summed E-state index contributed by atoms with van der Waals surface area (Å²) in [7, 11) is 0. The van der Waals surface area contributed by atoms with Crippen molar-refractivity contribution in [3.63, 3.8) is 0 Å². The first kappa shape index (κ1) is 30.9. The number of hydrogen-bond acceptors (Lipinski definition) is 2. The Balaban J connectivity index is 1.10. The van der Waals surface area contributed by atoms with E-state index in [1.54, 1.807) is 0 Å². The second-order valence-electron chi connectivity index (χ2n) is 12.5. The van der Waals surface area contributed by atoms with E-state index < -0.39 is 0 Å². The monoisotopic (exact) mass is 642 g/mol. The summed E-state index contributed by atoms with van der Waals surface area (Å²) < 4.78 is 0. The summed E-state index contributed by atoms with van der Waals surface area (Å²) in [6.07, 6.45) is 9.06. The molecule has 2 heteroatoms. The summed E-state index contributed by atoms with van der Waals surface area (Å²) in [5.74, 6) is 0. The van der Waals surface area contributed by atoms with Crippen molar-refractivity contribution in [1.29, 1.82) is 0 Å². The van der Waals surface area contributed by atoms with Crippen molar-refractivity contribution in [1.82, 2.24) is 0 Å². The topological polar surface area (TPSA) is 6.48 Å². The molecule has 0 atom stereocenters. The van der Waals surface area contributed by atoms with Crippen LogP contribution in [0.1, 0.15) is 18.4 Å². The molecule has 0 saturated carbocycles. The molecule has 0 fully saturated rings. The van der Waals surface area contributed by atoms with Crippen LogP contribution in [0.25, 0.3) is 27.8 Å². The molecule has 0 spiro atoms. The molecule has 0 radical (unpaired) electrons. The molecule has 0 bridgehead atoms. The van der Waals surface area contributed by atoms with Gasteiger partial charge in [-0.25, -0.2) is 0 Å². The Morgan fingerprint density at radius 2 is 0.720 bits per heavy atom. The van der Waals surface area contributed by atoms with Crippen LogP contribution in [-0.2, 0) is 0 Å². The first-order chi connectivity index (χ1) is 24.8. The Hall–Kier alpha value is -6.38. The van der Waals surface area contributed by atoms with Gasteiger partial charge in [0.2, 0.25) is 0 Å². The lowest BCUT2D eigenvalue weighted by Gasteiger charge is -2.26. The average molecular weight is 643 g/mol. The van der Waals surface area contributed by atoms with Crippen LogP contribution in [0.15, 0.2) is 206 Å². The van der Waals surface area contributed by atoms with Gasteiger partial charge in [0.1, 0.15) is 0 Å². The lowest BCUT2D eigenvalue weighted by molar-refractivity contribution is 1.04. The predicted octanol–water partition coefficient (Wildman–Crippen LogP) is 13.7. The lowest BCUT2D eigenvalue weighted by atomic mass is 9.98. The maximum absolute atomic E-state index is 2.34. The smallest absolute Gasteiger partial charge is 0.0467 e. The van der Waals surface area contributed by atoms with Crippen molar-refractivity contribution < 1.29 is 0 Å². The minimum atomic E-state index is 1.10. The molecule has 1 aliphatic rings. The molecule has 1 aliphatic carbocycles. The Kier molecular flexibility index (Phi) is 8.90. The van der Waals surface area contributed by atoms with Crippen LogP contribution in [0.5, 0.6) is 0 Å². The highest BCUT2D eigenvalue weighted by atomic mass is 15.1. The number of allylic oxidation sites excluding steroid dienone is 4. The van der Waals surface area contributed by atoms with E-state index in [-0.39, 0.29) is 0 Å². The van der Waals surface area contributed by atoms with E-state index in [0.29, 0.717) is 0 Å². The number of para-hydroxylation sites is 3. The zero-order valence-electron chi connectivity index (χ0n) is 27.9. The molecular formula is C48H38N2. The molecule has 0 aromatic heterocycles. The molecule has 8 rings (SSSR count). The highest BCUT2D eigenvalue weighted by Gasteiger charge is 2.15. The number of rotatable bonds is 9. The second-order valence-corrected chi connectivity index (χ2v) is 12.5. The van der Waals surface area contributed by atoms with E-state index in [0.717, 1.165) is 47.0 Å². The summed E-state index contributed by atoms with van der Waals surface area (Å²) in [5.41, 5.74) is 14.0. The summed E-state index contributed by atoms with van der Waals surface area (Å²) in [5, 5.41) is 0. The average Bonchev–Trinajstić information content (AvgIpc) is 3.20. The summed E-state index contributed by atoms with van der Waals surface area (Å²) in [6.45, 7) is 0. The molecule has 7 aromatic carbocycles. The van der Waals surface area contributed by atoms with Crippen molar-refractivity contribution in [2.24, 2.45) is 0 Å². The van der Waals surface area contributed by atoms with E-state index in [4.69, 9.17) is 0 Å². The van der Waals surface area contributed by atoms with E-state index >= 15 is 0 Å². The fourth-order valence-corrected chi connectivity index (χ4v) is 6.76. The van der Waals surface area contributed by atoms with Gasteiger partial charge in [0.25, 0.3) is 0 Å². The first-order valence-corrected chi connectivity index (χ1v) is 17.3. The normalized spacial score (nSPS) is 12.3. The molecule has 240 valence electrons. The van der Waals surface area contributed by atoms with Crippen molar-refractivity contribution in [3.8, 4) is 22.3 Å². The van der Waals surface area contributed by atoms with Crippen LogP contribution in [0, 0.1) is 0 Å². The molecule has 2 nitrogen and oxygen atoms in total. The van der Waals surface area contributed by atoms with Crippen LogP contribution in [0.4, 0.5) is 34.1 Å². The van der Waals surface area contributed by atoms with Crippen LogP contribution >= 0.6 is 0 Å². The Bertz CT molecular complexity index is 2200. The van der Waals surface area contributed by atoms with Crippen molar-refractivity contribution in [2.75, 3.05) is 9.80 Å². The minimum absolute atomic E-state index is 1.10. The Morgan fingerprint density at radius 1 is 0.300 bits per heavy atom. The number of benzene rings is 7. The van der Waals surface area contributed by atoms with E-state index in [2.05, 4.69) is 216 Å². The molecule has 0 saturated heterocycles. The fraction of sp³-hybridized carbons (Fsp3) is 0.0417.